The van der Waals surface area contributed by atoms with Gasteiger partial charge in [0.15, 0.2) is 0 Å². The number of aryl methyl sites for hydroxylation is 1. The molecule has 0 radical (unpaired) electrons. The summed E-state index contributed by atoms with van der Waals surface area (Å²) in [4.78, 5) is 0. The lowest BCUT2D eigenvalue weighted by Crippen LogP contribution is -2.06. The number of rotatable bonds is 2. The van der Waals surface area contributed by atoms with Crippen LogP contribution in [0, 0.1) is 0 Å². The van der Waals surface area contributed by atoms with E-state index in [0.29, 0.717) is 0 Å². The number of nitrogens with zero attached hydrogens (tertiary/aromatic N) is 2. The molecule has 0 amide bonds. The number of aromatic nitrogens is 2. The van der Waals surface area contributed by atoms with E-state index in [9.17, 15) is 5.11 Å². The molecular weight excluding hydrogens is 256 g/mol. The molecule has 1 aromatic carbocycles. The van der Waals surface area contributed by atoms with E-state index in [2.05, 4.69) is 21.0 Å². The molecule has 15 heavy (non-hydrogen) atoms. The van der Waals surface area contributed by atoms with E-state index in [0.717, 1.165) is 15.7 Å². The molecular formula is C11H11BrN2O. The first-order chi connectivity index (χ1) is 7.20. The van der Waals surface area contributed by atoms with E-state index in [1.165, 1.54) is 0 Å². The molecule has 1 N–H and O–H groups in total. The van der Waals surface area contributed by atoms with Gasteiger partial charge in [-0.2, -0.15) is 5.10 Å². The lowest BCUT2D eigenvalue weighted by atomic mass is 10.1. The van der Waals surface area contributed by atoms with Crippen LogP contribution in [0.4, 0.5) is 0 Å². The zero-order chi connectivity index (χ0) is 10.8. The second-order valence-corrected chi connectivity index (χ2v) is 4.16. The Kier molecular flexibility index (Phi) is 2.88. The normalized spacial score (nSPS) is 12.7. The quantitative estimate of drug-likeness (QED) is 0.906. The predicted molar refractivity (Wildman–Crippen MR) is 61.4 cm³/mol. The molecule has 2 aromatic rings. The van der Waals surface area contributed by atoms with Crippen LogP contribution >= 0.6 is 15.9 Å². The number of aliphatic hydroxyl groups excluding tert-OH is 1. The first-order valence-electron chi connectivity index (χ1n) is 4.60. The molecule has 0 fully saturated rings. The molecule has 0 spiro atoms. The minimum atomic E-state index is -0.645. The molecule has 0 bridgehead atoms. The fraction of sp³-hybridized carbons (Fsp3) is 0.182. The molecule has 1 heterocycles. The van der Waals surface area contributed by atoms with Crippen molar-refractivity contribution in [1.29, 1.82) is 0 Å². The summed E-state index contributed by atoms with van der Waals surface area (Å²) in [6.07, 6.45) is 1.03. The largest absolute Gasteiger partial charge is 0.382 e. The molecule has 1 aromatic heterocycles. The highest BCUT2D eigenvalue weighted by Gasteiger charge is 2.15. The fourth-order valence-electron chi connectivity index (χ4n) is 1.51. The van der Waals surface area contributed by atoms with E-state index >= 15 is 0 Å². The smallest absolute Gasteiger partial charge is 0.122 e. The minimum absolute atomic E-state index is 0.645. The number of hydrogen-bond acceptors (Lipinski definition) is 2. The topological polar surface area (TPSA) is 38.0 Å². The Bertz CT molecular complexity index is 467. The Hall–Kier alpha value is -1.13. The number of aliphatic hydroxyl groups is 1. The van der Waals surface area contributed by atoms with Gasteiger partial charge in [0.05, 0.1) is 5.69 Å². The van der Waals surface area contributed by atoms with Gasteiger partial charge in [-0.1, -0.05) is 34.1 Å². The van der Waals surface area contributed by atoms with Gasteiger partial charge in [0.1, 0.15) is 6.10 Å². The highest BCUT2D eigenvalue weighted by Crippen LogP contribution is 2.27. The third kappa shape index (κ3) is 1.96. The Balaban J connectivity index is 2.41. The third-order valence-corrected chi connectivity index (χ3v) is 3.06. The second kappa shape index (κ2) is 4.16. The molecule has 2 rings (SSSR count). The van der Waals surface area contributed by atoms with Crippen molar-refractivity contribution in [2.24, 2.45) is 7.05 Å². The van der Waals surface area contributed by atoms with E-state index < -0.39 is 6.10 Å². The zero-order valence-electron chi connectivity index (χ0n) is 8.26. The summed E-state index contributed by atoms with van der Waals surface area (Å²) >= 11 is 3.42. The van der Waals surface area contributed by atoms with E-state index in [1.807, 2.05) is 37.4 Å². The first kappa shape index (κ1) is 10.4. The number of hydrogen-bond donors (Lipinski definition) is 1. The molecule has 78 valence electrons. The second-order valence-electron chi connectivity index (χ2n) is 3.30. The molecule has 1 atom stereocenters. The van der Waals surface area contributed by atoms with Crippen LogP contribution in [0.1, 0.15) is 17.4 Å². The summed E-state index contributed by atoms with van der Waals surface area (Å²) in [6, 6.07) is 9.43. The zero-order valence-corrected chi connectivity index (χ0v) is 9.85. The number of benzene rings is 1. The summed E-state index contributed by atoms with van der Waals surface area (Å²) in [7, 11) is 1.81. The van der Waals surface area contributed by atoms with Crippen molar-refractivity contribution in [2.75, 3.05) is 0 Å². The van der Waals surface area contributed by atoms with Gasteiger partial charge in [0.2, 0.25) is 0 Å². The molecule has 0 aliphatic heterocycles. The summed E-state index contributed by atoms with van der Waals surface area (Å²) in [6.45, 7) is 0. The van der Waals surface area contributed by atoms with Gasteiger partial charge in [-0.05, 0) is 12.1 Å². The lowest BCUT2D eigenvalue weighted by molar-refractivity contribution is 0.209. The summed E-state index contributed by atoms with van der Waals surface area (Å²) in [5.74, 6) is 0. The molecule has 0 saturated carbocycles. The van der Waals surface area contributed by atoms with E-state index in [4.69, 9.17) is 0 Å². The summed E-state index contributed by atoms with van der Waals surface area (Å²) < 4.78 is 2.57. The third-order valence-electron chi connectivity index (χ3n) is 2.34. The van der Waals surface area contributed by atoms with Crippen molar-refractivity contribution in [3.05, 3.63) is 52.3 Å². The molecule has 0 saturated heterocycles. The highest BCUT2D eigenvalue weighted by atomic mass is 79.9. The van der Waals surface area contributed by atoms with Gasteiger partial charge >= 0.3 is 0 Å². The van der Waals surface area contributed by atoms with Crippen LogP contribution in [0.3, 0.4) is 0 Å². The summed E-state index contributed by atoms with van der Waals surface area (Å²) in [5, 5.41) is 14.2. The molecule has 0 aliphatic rings. The molecule has 1 unspecified atom stereocenters. The van der Waals surface area contributed by atoms with E-state index in [1.54, 1.807) is 10.9 Å². The van der Waals surface area contributed by atoms with Crippen molar-refractivity contribution in [3.8, 4) is 0 Å². The highest BCUT2D eigenvalue weighted by molar-refractivity contribution is 9.10. The Morgan fingerprint density at radius 2 is 2.07 bits per heavy atom. The standard InChI is InChI=1S/C11H11BrN2O/c1-14-10(6-7-13-14)11(15)8-4-2-3-5-9(8)12/h2-7,11,15H,1H3. The van der Waals surface area contributed by atoms with Gasteiger partial charge in [-0.3, -0.25) is 4.68 Å². The monoisotopic (exact) mass is 266 g/mol. The van der Waals surface area contributed by atoms with Gasteiger partial charge < -0.3 is 5.11 Å². The molecule has 3 nitrogen and oxygen atoms in total. The number of halogens is 1. The van der Waals surface area contributed by atoms with Gasteiger partial charge in [-0.15, -0.1) is 0 Å². The molecule has 4 heteroatoms. The Labute approximate surface area is 96.5 Å². The van der Waals surface area contributed by atoms with Crippen LogP contribution in [0.15, 0.2) is 41.0 Å². The van der Waals surface area contributed by atoms with Crippen molar-refractivity contribution >= 4 is 15.9 Å². The average Bonchev–Trinajstić information content (AvgIpc) is 2.64. The first-order valence-corrected chi connectivity index (χ1v) is 5.40. The van der Waals surface area contributed by atoms with Gasteiger partial charge in [0.25, 0.3) is 0 Å². The maximum Gasteiger partial charge on any atom is 0.122 e. The van der Waals surface area contributed by atoms with Crippen LogP contribution in [-0.4, -0.2) is 14.9 Å². The van der Waals surface area contributed by atoms with Crippen molar-refractivity contribution in [3.63, 3.8) is 0 Å². The van der Waals surface area contributed by atoms with Gasteiger partial charge in [0, 0.05) is 23.3 Å². The van der Waals surface area contributed by atoms with Crippen LogP contribution < -0.4 is 0 Å². The minimum Gasteiger partial charge on any atom is -0.382 e. The van der Waals surface area contributed by atoms with Crippen molar-refractivity contribution in [2.45, 2.75) is 6.10 Å². The van der Waals surface area contributed by atoms with Crippen molar-refractivity contribution in [1.82, 2.24) is 9.78 Å². The molecule has 0 aliphatic carbocycles. The van der Waals surface area contributed by atoms with Gasteiger partial charge in [-0.25, -0.2) is 0 Å². The van der Waals surface area contributed by atoms with Crippen LogP contribution in [0.25, 0.3) is 0 Å². The maximum atomic E-state index is 10.2. The van der Waals surface area contributed by atoms with Crippen LogP contribution in [0.2, 0.25) is 0 Å². The maximum absolute atomic E-state index is 10.2. The Morgan fingerprint density at radius 3 is 2.67 bits per heavy atom. The Morgan fingerprint density at radius 1 is 1.33 bits per heavy atom. The fourth-order valence-corrected chi connectivity index (χ4v) is 2.01. The predicted octanol–water partition coefficient (Wildman–Crippen LogP) is 2.26. The van der Waals surface area contributed by atoms with Crippen LogP contribution in [-0.2, 0) is 7.05 Å². The summed E-state index contributed by atoms with van der Waals surface area (Å²) in [5.41, 5.74) is 1.63. The van der Waals surface area contributed by atoms with Crippen molar-refractivity contribution < 1.29 is 5.11 Å². The average molecular weight is 267 g/mol. The van der Waals surface area contributed by atoms with E-state index in [-0.39, 0.29) is 0 Å². The van der Waals surface area contributed by atoms with Crippen LogP contribution in [0.5, 0.6) is 0 Å². The SMILES string of the molecule is Cn1nccc1C(O)c1ccccc1Br. The lowest BCUT2D eigenvalue weighted by Gasteiger charge is -2.12.